The first-order chi connectivity index (χ1) is 8.03. The molecule has 2 atom stereocenters. The number of aromatic nitrogens is 2. The van der Waals surface area contributed by atoms with Crippen LogP contribution in [0.3, 0.4) is 0 Å². The maximum atomic E-state index is 9.81. The summed E-state index contributed by atoms with van der Waals surface area (Å²) in [6.45, 7) is 7.10. The summed E-state index contributed by atoms with van der Waals surface area (Å²) in [5, 5.41) is 14.2. The van der Waals surface area contributed by atoms with Gasteiger partial charge in [0.25, 0.3) is 0 Å². The molecule has 0 aromatic carbocycles. The van der Waals surface area contributed by atoms with Crippen molar-refractivity contribution in [3.8, 4) is 5.75 Å². The van der Waals surface area contributed by atoms with Gasteiger partial charge in [0, 0.05) is 0 Å². The molecule has 0 amide bonds. The van der Waals surface area contributed by atoms with Gasteiger partial charge in [-0.05, 0) is 31.6 Å². The van der Waals surface area contributed by atoms with Gasteiger partial charge in [-0.15, -0.1) is 0 Å². The Morgan fingerprint density at radius 3 is 3.06 bits per heavy atom. The predicted molar refractivity (Wildman–Crippen MR) is 66.1 cm³/mol. The molecule has 1 saturated carbocycles. The lowest BCUT2D eigenvalue weighted by atomic mass is 9.72. The fourth-order valence-corrected chi connectivity index (χ4v) is 2.60. The average molecular weight is 238 g/mol. The molecule has 1 aromatic rings. The lowest BCUT2D eigenvalue weighted by molar-refractivity contribution is 0.0291. The van der Waals surface area contributed by atoms with Crippen LogP contribution in [0.2, 0.25) is 0 Å². The summed E-state index contributed by atoms with van der Waals surface area (Å²) >= 11 is 0. The second kappa shape index (κ2) is 4.69. The number of aliphatic hydroxyl groups excluding tert-OH is 1. The van der Waals surface area contributed by atoms with Crippen LogP contribution < -0.4 is 4.74 Å². The van der Waals surface area contributed by atoms with E-state index < -0.39 is 0 Å². The third kappa shape index (κ3) is 2.63. The van der Waals surface area contributed by atoms with Crippen molar-refractivity contribution in [2.45, 2.75) is 52.2 Å². The van der Waals surface area contributed by atoms with Crippen molar-refractivity contribution in [2.24, 2.45) is 5.41 Å². The number of hydrogen-bond donors (Lipinski definition) is 1. The number of rotatable bonds is 3. The average Bonchev–Trinajstić information content (AvgIpc) is 2.71. The Hall–Kier alpha value is -1.03. The second-order valence-corrected chi connectivity index (χ2v) is 5.52. The summed E-state index contributed by atoms with van der Waals surface area (Å²) in [6, 6.07) is 0.250. The first kappa shape index (κ1) is 12.4. The van der Waals surface area contributed by atoms with E-state index >= 15 is 0 Å². The lowest BCUT2D eigenvalue weighted by Crippen LogP contribution is -2.36. The van der Waals surface area contributed by atoms with E-state index in [1.807, 2.05) is 17.8 Å². The SMILES string of the molecule is CCOc1cnn(C2CC(O)CCC2(C)C)c1. The van der Waals surface area contributed by atoms with Crippen molar-refractivity contribution in [1.82, 2.24) is 9.78 Å². The zero-order valence-corrected chi connectivity index (χ0v) is 10.9. The van der Waals surface area contributed by atoms with E-state index in [2.05, 4.69) is 18.9 Å². The molecule has 1 aliphatic rings. The molecule has 4 heteroatoms. The Morgan fingerprint density at radius 2 is 2.35 bits per heavy atom. The van der Waals surface area contributed by atoms with Gasteiger partial charge in [-0.1, -0.05) is 13.8 Å². The van der Waals surface area contributed by atoms with Crippen LogP contribution >= 0.6 is 0 Å². The summed E-state index contributed by atoms with van der Waals surface area (Å²) < 4.78 is 7.38. The summed E-state index contributed by atoms with van der Waals surface area (Å²) in [5.74, 6) is 0.809. The molecule has 96 valence electrons. The molecule has 0 bridgehead atoms. The van der Waals surface area contributed by atoms with Crippen LogP contribution in [0.25, 0.3) is 0 Å². The van der Waals surface area contributed by atoms with Gasteiger partial charge in [0.1, 0.15) is 0 Å². The zero-order valence-electron chi connectivity index (χ0n) is 10.9. The van der Waals surface area contributed by atoms with Gasteiger partial charge in [0.05, 0.1) is 31.1 Å². The van der Waals surface area contributed by atoms with Gasteiger partial charge in [0.15, 0.2) is 5.75 Å². The number of hydrogen-bond acceptors (Lipinski definition) is 3. The molecule has 2 unspecified atom stereocenters. The molecule has 1 heterocycles. The first-order valence-corrected chi connectivity index (χ1v) is 6.38. The zero-order chi connectivity index (χ0) is 12.5. The number of nitrogens with zero attached hydrogens (tertiary/aromatic N) is 2. The van der Waals surface area contributed by atoms with Crippen molar-refractivity contribution in [3.63, 3.8) is 0 Å². The van der Waals surface area contributed by atoms with Crippen molar-refractivity contribution in [3.05, 3.63) is 12.4 Å². The topological polar surface area (TPSA) is 47.3 Å². The monoisotopic (exact) mass is 238 g/mol. The smallest absolute Gasteiger partial charge is 0.157 e. The van der Waals surface area contributed by atoms with Gasteiger partial charge in [-0.3, -0.25) is 4.68 Å². The minimum Gasteiger partial charge on any atom is -0.491 e. The Labute approximate surface area is 103 Å². The Bertz CT molecular complexity index is 373. The van der Waals surface area contributed by atoms with E-state index in [0.717, 1.165) is 25.0 Å². The van der Waals surface area contributed by atoms with Gasteiger partial charge in [0.2, 0.25) is 0 Å². The van der Waals surface area contributed by atoms with Crippen molar-refractivity contribution < 1.29 is 9.84 Å². The third-order valence-corrected chi connectivity index (χ3v) is 3.73. The molecule has 0 radical (unpaired) electrons. The van der Waals surface area contributed by atoms with Crippen LogP contribution in [0.1, 0.15) is 46.1 Å². The summed E-state index contributed by atoms with van der Waals surface area (Å²) in [6.07, 6.45) is 6.19. The van der Waals surface area contributed by atoms with E-state index in [4.69, 9.17) is 4.74 Å². The molecule has 4 nitrogen and oxygen atoms in total. The van der Waals surface area contributed by atoms with Gasteiger partial charge in [-0.2, -0.15) is 5.10 Å². The molecule has 0 saturated heterocycles. The highest BCUT2D eigenvalue weighted by Crippen LogP contribution is 2.43. The van der Waals surface area contributed by atoms with Gasteiger partial charge in [-0.25, -0.2) is 0 Å². The van der Waals surface area contributed by atoms with Crippen LogP contribution in [0, 0.1) is 5.41 Å². The molecule has 2 rings (SSSR count). The van der Waals surface area contributed by atoms with E-state index in [-0.39, 0.29) is 17.6 Å². The van der Waals surface area contributed by atoms with Crippen LogP contribution in [0.4, 0.5) is 0 Å². The molecule has 0 aliphatic heterocycles. The minimum absolute atomic E-state index is 0.175. The van der Waals surface area contributed by atoms with Crippen LogP contribution in [0.15, 0.2) is 12.4 Å². The number of aliphatic hydroxyl groups is 1. The quantitative estimate of drug-likeness (QED) is 0.879. The van der Waals surface area contributed by atoms with Crippen LogP contribution in [-0.4, -0.2) is 27.6 Å². The number of ether oxygens (including phenoxy) is 1. The summed E-state index contributed by atoms with van der Waals surface area (Å²) in [7, 11) is 0. The van der Waals surface area contributed by atoms with E-state index in [0.29, 0.717) is 6.61 Å². The van der Waals surface area contributed by atoms with E-state index in [1.54, 1.807) is 6.20 Å². The maximum absolute atomic E-state index is 9.81. The lowest BCUT2D eigenvalue weighted by Gasteiger charge is -2.40. The molecule has 1 N–H and O–H groups in total. The highest BCUT2D eigenvalue weighted by Gasteiger charge is 2.37. The summed E-state index contributed by atoms with van der Waals surface area (Å²) in [5.41, 5.74) is 0.175. The molecular weight excluding hydrogens is 216 g/mol. The largest absolute Gasteiger partial charge is 0.491 e. The maximum Gasteiger partial charge on any atom is 0.157 e. The molecule has 0 spiro atoms. The van der Waals surface area contributed by atoms with E-state index in [1.165, 1.54) is 0 Å². The molecule has 1 fully saturated rings. The minimum atomic E-state index is -0.201. The normalized spacial score (nSPS) is 28.0. The predicted octanol–water partition coefficient (Wildman–Crippen LogP) is 2.39. The van der Waals surface area contributed by atoms with Crippen molar-refractivity contribution in [1.29, 1.82) is 0 Å². The highest BCUT2D eigenvalue weighted by atomic mass is 16.5. The standard InChI is InChI=1S/C13H22N2O2/c1-4-17-11-8-14-15(9-11)12-7-10(16)5-6-13(12,2)3/h8-10,12,16H,4-7H2,1-3H3. The van der Waals surface area contributed by atoms with Crippen LogP contribution in [-0.2, 0) is 0 Å². The molecule has 1 aliphatic carbocycles. The Kier molecular flexibility index (Phi) is 3.43. The van der Waals surface area contributed by atoms with Crippen molar-refractivity contribution >= 4 is 0 Å². The van der Waals surface area contributed by atoms with Gasteiger partial charge < -0.3 is 9.84 Å². The van der Waals surface area contributed by atoms with Crippen molar-refractivity contribution in [2.75, 3.05) is 6.61 Å². The summed E-state index contributed by atoms with van der Waals surface area (Å²) in [4.78, 5) is 0. The molecule has 17 heavy (non-hydrogen) atoms. The Morgan fingerprint density at radius 1 is 1.59 bits per heavy atom. The second-order valence-electron chi connectivity index (χ2n) is 5.52. The van der Waals surface area contributed by atoms with Crippen LogP contribution in [0.5, 0.6) is 5.75 Å². The molecular formula is C13H22N2O2. The Balaban J connectivity index is 2.17. The van der Waals surface area contributed by atoms with E-state index in [9.17, 15) is 5.11 Å². The first-order valence-electron chi connectivity index (χ1n) is 6.38. The fraction of sp³-hybridized carbons (Fsp3) is 0.769. The van der Waals surface area contributed by atoms with Gasteiger partial charge >= 0.3 is 0 Å². The molecule has 1 aromatic heterocycles. The fourth-order valence-electron chi connectivity index (χ4n) is 2.60. The third-order valence-electron chi connectivity index (χ3n) is 3.73. The highest BCUT2D eigenvalue weighted by molar-refractivity contribution is 5.12.